The Balaban J connectivity index is 1.40. The molecule has 0 unspecified atom stereocenters. The van der Waals surface area contributed by atoms with Crippen LogP contribution in [0.5, 0.6) is 0 Å². The summed E-state index contributed by atoms with van der Waals surface area (Å²) in [7, 11) is 0. The number of fused-ring (bicyclic) bond motifs is 2. The fourth-order valence-electron chi connectivity index (χ4n) is 3.81. The molecule has 0 aromatic heterocycles. The van der Waals surface area contributed by atoms with Crippen LogP contribution in [0.4, 0.5) is 5.69 Å². The van der Waals surface area contributed by atoms with Gasteiger partial charge in [-0.15, -0.1) is 0 Å². The Morgan fingerprint density at radius 3 is 2.82 bits per heavy atom. The molecule has 2 fully saturated rings. The Labute approximate surface area is 144 Å². The van der Waals surface area contributed by atoms with E-state index >= 15 is 0 Å². The van der Waals surface area contributed by atoms with Crippen molar-refractivity contribution in [2.24, 2.45) is 17.8 Å². The van der Waals surface area contributed by atoms with E-state index in [1.54, 1.807) is 0 Å². The van der Waals surface area contributed by atoms with Gasteiger partial charge in [0, 0.05) is 15.7 Å². The number of nitrogens with one attached hydrogen (secondary N) is 1. The lowest BCUT2D eigenvalue weighted by molar-refractivity contribution is -0.148. The van der Waals surface area contributed by atoms with Gasteiger partial charge in [0.2, 0.25) is 0 Å². The fraction of sp³-hybridized carbons (Fsp3) is 0.529. The van der Waals surface area contributed by atoms with Gasteiger partial charge in [-0.25, -0.2) is 0 Å². The molecule has 0 heterocycles. The molecule has 3 rings (SSSR count). The molecule has 2 bridgehead atoms. The van der Waals surface area contributed by atoms with E-state index in [0.29, 0.717) is 18.3 Å². The van der Waals surface area contributed by atoms with E-state index in [4.69, 9.17) is 4.74 Å². The van der Waals surface area contributed by atoms with Crippen molar-refractivity contribution in [2.75, 3.05) is 11.9 Å². The van der Waals surface area contributed by atoms with Crippen LogP contribution in [0.3, 0.4) is 0 Å². The minimum Gasteiger partial charge on any atom is -0.456 e. The van der Waals surface area contributed by atoms with Gasteiger partial charge in [-0.2, -0.15) is 0 Å². The van der Waals surface area contributed by atoms with E-state index in [1.807, 2.05) is 24.3 Å². The average Bonchev–Trinajstić information content (AvgIpc) is 3.08. The first-order valence-electron chi connectivity index (χ1n) is 7.81. The van der Waals surface area contributed by atoms with Crippen LogP contribution in [-0.2, 0) is 14.3 Å². The number of hydrogen-bond donors (Lipinski definition) is 1. The SMILES string of the molecule is O=C(COC(=O)C[C@@H]1C[C@H]2CC[C@@H]1C2)Nc1cccc(I)c1. The Morgan fingerprint density at radius 2 is 2.14 bits per heavy atom. The van der Waals surface area contributed by atoms with Gasteiger partial charge >= 0.3 is 5.97 Å². The molecule has 5 heteroatoms. The topological polar surface area (TPSA) is 55.4 Å². The van der Waals surface area contributed by atoms with Crippen LogP contribution < -0.4 is 5.32 Å². The second kappa shape index (κ2) is 6.98. The van der Waals surface area contributed by atoms with Gasteiger partial charge in [-0.3, -0.25) is 9.59 Å². The Morgan fingerprint density at radius 1 is 1.27 bits per heavy atom. The zero-order valence-electron chi connectivity index (χ0n) is 12.4. The van der Waals surface area contributed by atoms with Gasteiger partial charge in [0.15, 0.2) is 6.61 Å². The summed E-state index contributed by atoms with van der Waals surface area (Å²) >= 11 is 2.18. The predicted octanol–water partition coefficient (Wildman–Crippen LogP) is 3.60. The predicted molar refractivity (Wildman–Crippen MR) is 92.3 cm³/mol. The van der Waals surface area contributed by atoms with Gasteiger partial charge < -0.3 is 10.1 Å². The highest BCUT2D eigenvalue weighted by molar-refractivity contribution is 14.1. The van der Waals surface area contributed by atoms with Crippen molar-refractivity contribution in [3.8, 4) is 0 Å². The summed E-state index contributed by atoms with van der Waals surface area (Å²) in [6.45, 7) is -0.203. The molecule has 22 heavy (non-hydrogen) atoms. The van der Waals surface area contributed by atoms with Crippen molar-refractivity contribution in [3.05, 3.63) is 27.8 Å². The van der Waals surface area contributed by atoms with Crippen molar-refractivity contribution in [1.29, 1.82) is 0 Å². The normalized spacial score (nSPS) is 26.0. The molecule has 2 aliphatic rings. The van der Waals surface area contributed by atoms with Crippen LogP contribution in [0.2, 0.25) is 0 Å². The number of hydrogen-bond acceptors (Lipinski definition) is 3. The van der Waals surface area contributed by atoms with E-state index in [1.165, 1.54) is 19.3 Å². The van der Waals surface area contributed by atoms with E-state index in [0.717, 1.165) is 21.6 Å². The number of carbonyl (C=O) groups is 2. The highest BCUT2D eigenvalue weighted by Crippen LogP contribution is 2.49. The van der Waals surface area contributed by atoms with E-state index in [2.05, 4.69) is 27.9 Å². The highest BCUT2D eigenvalue weighted by Gasteiger charge is 2.40. The molecular formula is C17H20INO3. The third kappa shape index (κ3) is 4.00. The summed E-state index contributed by atoms with van der Waals surface area (Å²) in [5.41, 5.74) is 0.723. The van der Waals surface area contributed by atoms with Crippen molar-refractivity contribution in [1.82, 2.24) is 0 Å². The van der Waals surface area contributed by atoms with Gasteiger partial charge in [-0.1, -0.05) is 12.5 Å². The maximum absolute atomic E-state index is 11.9. The maximum atomic E-state index is 11.9. The number of ether oxygens (including phenoxy) is 1. The highest BCUT2D eigenvalue weighted by atomic mass is 127. The molecule has 2 aliphatic carbocycles. The van der Waals surface area contributed by atoms with Crippen molar-refractivity contribution < 1.29 is 14.3 Å². The standard InChI is InChI=1S/C17H20INO3/c18-14-2-1-3-15(9-14)19-16(20)10-22-17(21)8-13-7-11-4-5-12(13)6-11/h1-3,9,11-13H,4-8,10H2,(H,19,20)/t11-,12+,13-/m0/s1. The molecule has 0 radical (unpaired) electrons. The molecule has 1 N–H and O–H groups in total. The lowest BCUT2D eigenvalue weighted by atomic mass is 9.86. The molecule has 1 amide bonds. The largest absolute Gasteiger partial charge is 0.456 e. The van der Waals surface area contributed by atoms with Crippen molar-refractivity contribution >= 4 is 40.2 Å². The van der Waals surface area contributed by atoms with Gasteiger partial charge in [0.1, 0.15) is 0 Å². The van der Waals surface area contributed by atoms with Crippen LogP contribution in [0.25, 0.3) is 0 Å². The second-order valence-electron chi connectivity index (χ2n) is 6.36. The van der Waals surface area contributed by atoms with Crippen LogP contribution >= 0.6 is 22.6 Å². The van der Waals surface area contributed by atoms with Crippen LogP contribution in [0.1, 0.15) is 32.1 Å². The molecule has 4 nitrogen and oxygen atoms in total. The lowest BCUT2D eigenvalue weighted by Crippen LogP contribution is -2.23. The number of carbonyl (C=O) groups excluding carboxylic acids is 2. The number of benzene rings is 1. The summed E-state index contributed by atoms with van der Waals surface area (Å²) in [5.74, 6) is 1.48. The average molecular weight is 413 g/mol. The van der Waals surface area contributed by atoms with Crippen molar-refractivity contribution in [3.63, 3.8) is 0 Å². The number of esters is 1. The molecular weight excluding hydrogens is 393 g/mol. The van der Waals surface area contributed by atoms with E-state index < -0.39 is 0 Å². The molecule has 2 saturated carbocycles. The van der Waals surface area contributed by atoms with Gasteiger partial charge in [0.05, 0.1) is 0 Å². The van der Waals surface area contributed by atoms with E-state index in [9.17, 15) is 9.59 Å². The fourth-order valence-corrected chi connectivity index (χ4v) is 4.35. The summed E-state index contributed by atoms with van der Waals surface area (Å²) in [6, 6.07) is 7.51. The van der Waals surface area contributed by atoms with Crippen LogP contribution in [0, 0.1) is 21.3 Å². The van der Waals surface area contributed by atoms with E-state index in [-0.39, 0.29) is 18.5 Å². The number of anilines is 1. The second-order valence-corrected chi connectivity index (χ2v) is 7.60. The summed E-state index contributed by atoms with van der Waals surface area (Å²) in [5, 5.41) is 2.74. The third-order valence-corrected chi connectivity index (χ3v) is 5.46. The monoisotopic (exact) mass is 413 g/mol. The Bertz CT molecular complexity index is 575. The summed E-state index contributed by atoms with van der Waals surface area (Å²) in [6.07, 6.45) is 5.50. The zero-order valence-corrected chi connectivity index (χ0v) is 14.5. The Hall–Kier alpha value is -1.11. The summed E-state index contributed by atoms with van der Waals surface area (Å²) in [4.78, 5) is 23.7. The molecule has 0 spiro atoms. The molecule has 118 valence electrons. The minimum atomic E-state index is -0.289. The third-order valence-electron chi connectivity index (χ3n) is 4.79. The molecule has 0 aliphatic heterocycles. The van der Waals surface area contributed by atoms with Crippen molar-refractivity contribution in [2.45, 2.75) is 32.1 Å². The Kier molecular flexibility index (Phi) is 5.00. The molecule has 3 atom stereocenters. The minimum absolute atomic E-state index is 0.203. The first-order valence-corrected chi connectivity index (χ1v) is 8.89. The van der Waals surface area contributed by atoms with Gasteiger partial charge in [-0.05, 0) is 77.8 Å². The van der Waals surface area contributed by atoms with Crippen LogP contribution in [0.15, 0.2) is 24.3 Å². The zero-order chi connectivity index (χ0) is 15.5. The van der Waals surface area contributed by atoms with Gasteiger partial charge in [0.25, 0.3) is 5.91 Å². The number of halogens is 1. The maximum Gasteiger partial charge on any atom is 0.306 e. The molecule has 1 aromatic rings. The first kappa shape index (κ1) is 15.8. The summed E-state index contributed by atoms with van der Waals surface area (Å²) < 4.78 is 6.17. The quantitative estimate of drug-likeness (QED) is 0.593. The number of rotatable bonds is 5. The lowest BCUT2D eigenvalue weighted by Gasteiger charge is -2.20. The smallest absolute Gasteiger partial charge is 0.306 e. The van der Waals surface area contributed by atoms with Crippen LogP contribution in [-0.4, -0.2) is 18.5 Å². The molecule has 1 aromatic carbocycles. The molecule has 0 saturated heterocycles. The first-order chi connectivity index (χ1) is 10.6. The number of amides is 1.